The van der Waals surface area contributed by atoms with Crippen LogP contribution in [0.25, 0.3) is 0 Å². The average molecular weight is 242 g/mol. The molecule has 0 bridgehead atoms. The molecule has 90 valence electrons. The van der Waals surface area contributed by atoms with Crippen LogP contribution in [0.3, 0.4) is 0 Å². The molecule has 0 saturated carbocycles. The van der Waals surface area contributed by atoms with E-state index in [0.717, 1.165) is 25.3 Å². The Kier molecular flexibility index (Phi) is 5.81. The Morgan fingerprint density at radius 1 is 1.56 bits per heavy atom. The van der Waals surface area contributed by atoms with Crippen molar-refractivity contribution in [2.24, 2.45) is 7.05 Å². The van der Waals surface area contributed by atoms with Crippen LogP contribution in [0.1, 0.15) is 12.1 Å². The molecule has 0 atom stereocenters. The number of thiocarbonyl (C=S) groups is 1. The monoisotopic (exact) mass is 242 g/mol. The van der Waals surface area contributed by atoms with Crippen LogP contribution in [0.15, 0.2) is 12.3 Å². The summed E-state index contributed by atoms with van der Waals surface area (Å²) in [6.45, 7) is 2.22. The fourth-order valence-electron chi connectivity index (χ4n) is 1.21. The van der Waals surface area contributed by atoms with Gasteiger partial charge in [0.25, 0.3) is 0 Å². The molecular formula is C10H18N4OS. The summed E-state index contributed by atoms with van der Waals surface area (Å²) in [6.07, 6.45) is 2.86. The maximum Gasteiger partial charge on any atom is 0.166 e. The topological polar surface area (TPSA) is 51.1 Å². The zero-order valence-corrected chi connectivity index (χ0v) is 10.5. The molecule has 6 heteroatoms. The smallest absolute Gasteiger partial charge is 0.166 e. The van der Waals surface area contributed by atoms with Crippen molar-refractivity contribution in [1.29, 1.82) is 0 Å². The molecule has 1 heterocycles. The highest BCUT2D eigenvalue weighted by Crippen LogP contribution is 1.92. The van der Waals surface area contributed by atoms with E-state index in [9.17, 15) is 0 Å². The number of aromatic nitrogens is 2. The molecule has 1 aromatic rings. The van der Waals surface area contributed by atoms with Gasteiger partial charge in [-0.2, -0.15) is 5.10 Å². The zero-order valence-electron chi connectivity index (χ0n) is 9.69. The minimum Gasteiger partial charge on any atom is -0.385 e. The van der Waals surface area contributed by atoms with Crippen LogP contribution in [0.5, 0.6) is 0 Å². The molecule has 0 saturated heterocycles. The Labute approximate surface area is 101 Å². The summed E-state index contributed by atoms with van der Waals surface area (Å²) in [5, 5.41) is 11.1. The van der Waals surface area contributed by atoms with E-state index in [1.807, 2.05) is 19.3 Å². The van der Waals surface area contributed by atoms with Gasteiger partial charge in [0.2, 0.25) is 0 Å². The molecule has 0 unspecified atom stereocenters. The second-order valence-corrected chi connectivity index (χ2v) is 3.84. The molecule has 0 amide bonds. The third kappa shape index (κ3) is 5.09. The normalized spacial score (nSPS) is 10.1. The number of aryl methyl sites for hydroxylation is 1. The number of ether oxygens (including phenoxy) is 1. The van der Waals surface area contributed by atoms with Crippen molar-refractivity contribution >= 4 is 17.3 Å². The number of methoxy groups -OCH3 is 1. The van der Waals surface area contributed by atoms with Gasteiger partial charge in [0, 0.05) is 33.5 Å². The minimum absolute atomic E-state index is 0.650. The minimum atomic E-state index is 0.650. The van der Waals surface area contributed by atoms with E-state index in [2.05, 4.69) is 15.7 Å². The summed E-state index contributed by atoms with van der Waals surface area (Å²) >= 11 is 5.11. The first-order valence-electron chi connectivity index (χ1n) is 5.21. The van der Waals surface area contributed by atoms with E-state index in [1.165, 1.54) is 0 Å². The van der Waals surface area contributed by atoms with Crippen LogP contribution in [-0.4, -0.2) is 35.2 Å². The van der Waals surface area contributed by atoms with Gasteiger partial charge in [-0.3, -0.25) is 4.68 Å². The van der Waals surface area contributed by atoms with Crippen molar-refractivity contribution in [3.8, 4) is 0 Å². The Balaban J connectivity index is 2.10. The van der Waals surface area contributed by atoms with E-state index in [4.69, 9.17) is 17.0 Å². The number of hydrogen-bond acceptors (Lipinski definition) is 3. The average Bonchev–Trinajstić information content (AvgIpc) is 2.68. The lowest BCUT2D eigenvalue weighted by atomic mass is 10.4. The van der Waals surface area contributed by atoms with Crippen molar-refractivity contribution in [3.63, 3.8) is 0 Å². The number of rotatable bonds is 6. The maximum absolute atomic E-state index is 5.11. The molecule has 16 heavy (non-hydrogen) atoms. The van der Waals surface area contributed by atoms with Gasteiger partial charge in [0.15, 0.2) is 5.11 Å². The molecule has 1 aromatic heterocycles. The predicted molar refractivity (Wildman–Crippen MR) is 67.1 cm³/mol. The highest BCUT2D eigenvalue weighted by molar-refractivity contribution is 7.80. The Morgan fingerprint density at radius 3 is 3.00 bits per heavy atom. The first-order valence-corrected chi connectivity index (χ1v) is 5.62. The van der Waals surface area contributed by atoms with E-state index in [1.54, 1.807) is 11.8 Å². The fourth-order valence-corrected chi connectivity index (χ4v) is 1.38. The highest BCUT2D eigenvalue weighted by Gasteiger charge is 1.98. The summed E-state index contributed by atoms with van der Waals surface area (Å²) in [5.41, 5.74) is 0.976. The van der Waals surface area contributed by atoms with Crippen LogP contribution >= 0.6 is 12.2 Å². The lowest BCUT2D eigenvalue weighted by molar-refractivity contribution is 0.195. The van der Waals surface area contributed by atoms with Gasteiger partial charge in [0.1, 0.15) is 0 Å². The van der Waals surface area contributed by atoms with Gasteiger partial charge in [-0.15, -0.1) is 0 Å². The molecule has 1 rings (SSSR count). The quantitative estimate of drug-likeness (QED) is 0.559. The lowest BCUT2D eigenvalue weighted by Gasteiger charge is -2.08. The van der Waals surface area contributed by atoms with Gasteiger partial charge in [-0.05, 0) is 24.7 Å². The van der Waals surface area contributed by atoms with Gasteiger partial charge in [-0.25, -0.2) is 0 Å². The van der Waals surface area contributed by atoms with Crippen molar-refractivity contribution in [3.05, 3.63) is 18.0 Å². The molecule has 0 aromatic carbocycles. The molecule has 0 spiro atoms. The van der Waals surface area contributed by atoms with Crippen LogP contribution in [0.2, 0.25) is 0 Å². The molecule has 0 aliphatic heterocycles. The Bertz CT molecular complexity index is 326. The lowest BCUT2D eigenvalue weighted by Crippen LogP contribution is -2.35. The second kappa shape index (κ2) is 7.19. The highest BCUT2D eigenvalue weighted by atomic mass is 32.1. The largest absolute Gasteiger partial charge is 0.385 e. The first-order chi connectivity index (χ1) is 7.72. The van der Waals surface area contributed by atoms with E-state index in [0.29, 0.717) is 11.7 Å². The molecular weight excluding hydrogens is 224 g/mol. The standard InChI is InChI=1S/C10H18N4OS/c1-14-6-4-9(13-14)8-12-10(16)11-5-3-7-15-2/h4,6H,3,5,7-8H2,1-2H3,(H2,11,12,16). The van der Waals surface area contributed by atoms with Gasteiger partial charge in [-0.1, -0.05) is 0 Å². The molecule has 5 nitrogen and oxygen atoms in total. The second-order valence-electron chi connectivity index (χ2n) is 3.44. The Hall–Kier alpha value is -1.14. The third-order valence-corrected chi connectivity index (χ3v) is 2.30. The SMILES string of the molecule is COCCCNC(=S)NCc1ccn(C)n1. The zero-order chi connectivity index (χ0) is 11.8. The van der Waals surface area contributed by atoms with Gasteiger partial charge in [0.05, 0.1) is 12.2 Å². The van der Waals surface area contributed by atoms with Crippen LogP contribution in [0, 0.1) is 0 Å². The molecule has 0 aliphatic rings. The fraction of sp³-hybridized carbons (Fsp3) is 0.600. The molecule has 0 aliphatic carbocycles. The summed E-state index contributed by atoms with van der Waals surface area (Å²) in [5.74, 6) is 0. The van der Waals surface area contributed by atoms with Crippen molar-refractivity contribution in [1.82, 2.24) is 20.4 Å². The van der Waals surface area contributed by atoms with Crippen LogP contribution in [0.4, 0.5) is 0 Å². The molecule has 0 radical (unpaired) electrons. The Morgan fingerprint density at radius 2 is 2.38 bits per heavy atom. The number of nitrogens with zero attached hydrogens (tertiary/aromatic N) is 2. The van der Waals surface area contributed by atoms with Crippen LogP contribution < -0.4 is 10.6 Å². The van der Waals surface area contributed by atoms with Crippen molar-refractivity contribution in [2.45, 2.75) is 13.0 Å². The van der Waals surface area contributed by atoms with Gasteiger partial charge < -0.3 is 15.4 Å². The van der Waals surface area contributed by atoms with E-state index < -0.39 is 0 Å². The number of nitrogens with one attached hydrogen (secondary N) is 2. The van der Waals surface area contributed by atoms with Crippen molar-refractivity contribution in [2.75, 3.05) is 20.3 Å². The predicted octanol–water partition coefficient (Wildman–Crippen LogP) is 0.421. The molecule has 0 fully saturated rings. The number of hydrogen-bond donors (Lipinski definition) is 2. The maximum atomic E-state index is 5.11. The third-order valence-electron chi connectivity index (χ3n) is 2.01. The van der Waals surface area contributed by atoms with E-state index >= 15 is 0 Å². The van der Waals surface area contributed by atoms with Crippen molar-refractivity contribution < 1.29 is 4.74 Å². The molecule has 2 N–H and O–H groups in total. The van der Waals surface area contributed by atoms with Gasteiger partial charge >= 0.3 is 0 Å². The van der Waals surface area contributed by atoms with E-state index in [-0.39, 0.29) is 0 Å². The first kappa shape index (κ1) is 12.9. The summed E-state index contributed by atoms with van der Waals surface area (Å²) in [7, 11) is 3.59. The summed E-state index contributed by atoms with van der Waals surface area (Å²) in [4.78, 5) is 0. The van der Waals surface area contributed by atoms with Crippen LogP contribution in [-0.2, 0) is 18.3 Å². The summed E-state index contributed by atoms with van der Waals surface area (Å²) in [6, 6.07) is 1.96. The summed E-state index contributed by atoms with van der Waals surface area (Å²) < 4.78 is 6.71.